The van der Waals surface area contributed by atoms with E-state index >= 15 is 0 Å². The smallest absolute Gasteiger partial charge is 0.156 e. The Bertz CT molecular complexity index is 126. The molecule has 0 amide bonds. The number of rotatable bonds is 2. The molecule has 0 radical (unpaired) electrons. The van der Waals surface area contributed by atoms with Crippen molar-refractivity contribution in [2.24, 2.45) is 0 Å². The van der Waals surface area contributed by atoms with Gasteiger partial charge < -0.3 is 9.47 Å². The van der Waals surface area contributed by atoms with Crippen molar-refractivity contribution in [3.63, 3.8) is 0 Å². The van der Waals surface area contributed by atoms with E-state index in [0.717, 1.165) is 0 Å². The topological polar surface area (TPSA) is 18.5 Å². The standard InChI is InChI=1S/C8H12O2/c1-4-7-8(5-2)10-6(3)9-7/h4-8H,1-2H2,3H3. The fourth-order valence-electron chi connectivity index (χ4n) is 1.01. The first-order valence-electron chi connectivity index (χ1n) is 3.34. The summed E-state index contributed by atoms with van der Waals surface area (Å²) in [5, 5.41) is 0. The summed E-state index contributed by atoms with van der Waals surface area (Å²) in [4.78, 5) is 0. The second-order valence-corrected chi connectivity index (χ2v) is 2.24. The average Bonchev–Trinajstić information content (AvgIpc) is 2.30. The Morgan fingerprint density at radius 2 is 1.50 bits per heavy atom. The van der Waals surface area contributed by atoms with E-state index in [2.05, 4.69) is 13.2 Å². The second kappa shape index (κ2) is 2.99. The minimum atomic E-state index is -0.133. The molecular weight excluding hydrogens is 128 g/mol. The van der Waals surface area contributed by atoms with Crippen LogP contribution in [0, 0.1) is 0 Å². The molecule has 0 bridgehead atoms. The Kier molecular flexibility index (Phi) is 2.25. The molecule has 0 aromatic rings. The van der Waals surface area contributed by atoms with Crippen molar-refractivity contribution < 1.29 is 9.47 Å². The van der Waals surface area contributed by atoms with Crippen molar-refractivity contribution >= 4 is 0 Å². The van der Waals surface area contributed by atoms with E-state index < -0.39 is 0 Å². The average molecular weight is 140 g/mol. The van der Waals surface area contributed by atoms with Crippen molar-refractivity contribution in [2.75, 3.05) is 0 Å². The van der Waals surface area contributed by atoms with Gasteiger partial charge in [0.1, 0.15) is 12.2 Å². The lowest BCUT2D eigenvalue weighted by molar-refractivity contribution is -0.0414. The van der Waals surface area contributed by atoms with Crippen molar-refractivity contribution in [1.29, 1.82) is 0 Å². The van der Waals surface area contributed by atoms with Crippen LogP contribution in [0.3, 0.4) is 0 Å². The molecule has 1 aliphatic heterocycles. The largest absolute Gasteiger partial charge is 0.343 e. The Hall–Kier alpha value is -0.600. The highest BCUT2D eigenvalue weighted by Gasteiger charge is 2.28. The minimum Gasteiger partial charge on any atom is -0.343 e. The van der Waals surface area contributed by atoms with E-state index in [0.29, 0.717) is 0 Å². The van der Waals surface area contributed by atoms with Crippen molar-refractivity contribution in [3.8, 4) is 0 Å². The van der Waals surface area contributed by atoms with E-state index in [-0.39, 0.29) is 18.5 Å². The van der Waals surface area contributed by atoms with E-state index in [9.17, 15) is 0 Å². The van der Waals surface area contributed by atoms with Gasteiger partial charge in [-0.3, -0.25) is 0 Å². The van der Waals surface area contributed by atoms with E-state index in [1.54, 1.807) is 12.2 Å². The van der Waals surface area contributed by atoms with Crippen LogP contribution in [-0.2, 0) is 9.47 Å². The van der Waals surface area contributed by atoms with E-state index in [1.807, 2.05) is 6.92 Å². The quantitative estimate of drug-likeness (QED) is 0.541. The maximum Gasteiger partial charge on any atom is 0.156 e. The summed E-state index contributed by atoms with van der Waals surface area (Å²) in [6, 6.07) is 0. The van der Waals surface area contributed by atoms with E-state index in [4.69, 9.17) is 9.47 Å². The first kappa shape index (κ1) is 7.51. The van der Waals surface area contributed by atoms with Crippen molar-refractivity contribution in [1.82, 2.24) is 0 Å². The van der Waals surface area contributed by atoms with Gasteiger partial charge in [-0.1, -0.05) is 12.2 Å². The monoisotopic (exact) mass is 140 g/mol. The van der Waals surface area contributed by atoms with Gasteiger partial charge in [-0.2, -0.15) is 0 Å². The molecule has 2 atom stereocenters. The molecule has 2 heteroatoms. The summed E-state index contributed by atoms with van der Waals surface area (Å²) < 4.78 is 10.6. The van der Waals surface area contributed by atoms with Gasteiger partial charge in [-0.15, -0.1) is 13.2 Å². The molecule has 1 fully saturated rings. The van der Waals surface area contributed by atoms with Crippen LogP contribution in [0.2, 0.25) is 0 Å². The summed E-state index contributed by atoms with van der Waals surface area (Å²) in [5.74, 6) is 0. The predicted octanol–water partition coefficient (Wildman–Crippen LogP) is 1.49. The van der Waals surface area contributed by atoms with Gasteiger partial charge in [0, 0.05) is 0 Å². The summed E-state index contributed by atoms with van der Waals surface area (Å²) >= 11 is 0. The molecule has 1 rings (SSSR count). The highest BCUT2D eigenvalue weighted by atomic mass is 16.7. The molecule has 1 aliphatic rings. The third-order valence-corrected chi connectivity index (χ3v) is 1.49. The summed E-state index contributed by atoms with van der Waals surface area (Å²) in [5.41, 5.74) is 0. The third-order valence-electron chi connectivity index (χ3n) is 1.49. The van der Waals surface area contributed by atoms with Crippen LogP contribution in [0.1, 0.15) is 6.92 Å². The Balaban J connectivity index is 2.56. The molecule has 0 N–H and O–H groups in total. The first-order valence-corrected chi connectivity index (χ1v) is 3.34. The van der Waals surface area contributed by atoms with Gasteiger partial charge in [-0.25, -0.2) is 0 Å². The number of hydrogen-bond donors (Lipinski definition) is 0. The Morgan fingerprint density at radius 1 is 1.10 bits per heavy atom. The number of ether oxygens (including phenoxy) is 2. The predicted molar refractivity (Wildman–Crippen MR) is 39.6 cm³/mol. The van der Waals surface area contributed by atoms with Gasteiger partial charge in [0.15, 0.2) is 6.29 Å². The normalized spacial score (nSPS) is 39.5. The van der Waals surface area contributed by atoms with Crippen molar-refractivity contribution in [3.05, 3.63) is 25.3 Å². The Labute approximate surface area is 61.1 Å². The van der Waals surface area contributed by atoms with Gasteiger partial charge in [0.25, 0.3) is 0 Å². The van der Waals surface area contributed by atoms with Crippen molar-refractivity contribution in [2.45, 2.75) is 25.4 Å². The van der Waals surface area contributed by atoms with Crippen LogP contribution in [0.5, 0.6) is 0 Å². The molecular formula is C8H12O2. The Morgan fingerprint density at radius 3 is 1.80 bits per heavy atom. The van der Waals surface area contributed by atoms with Crippen LogP contribution in [-0.4, -0.2) is 18.5 Å². The van der Waals surface area contributed by atoms with Gasteiger partial charge >= 0.3 is 0 Å². The zero-order chi connectivity index (χ0) is 7.56. The molecule has 0 aliphatic carbocycles. The van der Waals surface area contributed by atoms with Crippen LogP contribution >= 0.6 is 0 Å². The number of hydrogen-bond acceptors (Lipinski definition) is 2. The maximum atomic E-state index is 5.30. The van der Waals surface area contributed by atoms with E-state index in [1.165, 1.54) is 0 Å². The zero-order valence-corrected chi connectivity index (χ0v) is 6.12. The molecule has 10 heavy (non-hydrogen) atoms. The van der Waals surface area contributed by atoms with Crippen LogP contribution < -0.4 is 0 Å². The third kappa shape index (κ3) is 1.28. The molecule has 0 saturated carbocycles. The molecule has 1 saturated heterocycles. The molecule has 1 heterocycles. The van der Waals surface area contributed by atoms with Gasteiger partial charge in [0.2, 0.25) is 0 Å². The lowest BCUT2D eigenvalue weighted by Gasteiger charge is -2.05. The molecule has 0 spiro atoms. The fourth-order valence-corrected chi connectivity index (χ4v) is 1.01. The van der Waals surface area contributed by atoms with Crippen LogP contribution in [0.15, 0.2) is 25.3 Å². The van der Waals surface area contributed by atoms with Gasteiger partial charge in [0.05, 0.1) is 0 Å². The summed E-state index contributed by atoms with van der Waals surface area (Å²) in [6.07, 6.45) is 3.29. The summed E-state index contributed by atoms with van der Waals surface area (Å²) in [7, 11) is 0. The molecule has 56 valence electrons. The minimum absolute atomic E-state index is 0.0208. The zero-order valence-electron chi connectivity index (χ0n) is 6.12. The van der Waals surface area contributed by atoms with Gasteiger partial charge in [-0.05, 0) is 6.92 Å². The highest BCUT2D eigenvalue weighted by Crippen LogP contribution is 2.19. The maximum absolute atomic E-state index is 5.30. The molecule has 2 unspecified atom stereocenters. The fraction of sp³-hybridized carbons (Fsp3) is 0.500. The molecule has 2 nitrogen and oxygen atoms in total. The molecule has 0 aromatic carbocycles. The SMILES string of the molecule is C=CC1OC(C)OC1C=C. The summed E-state index contributed by atoms with van der Waals surface area (Å²) in [6.45, 7) is 9.11. The molecule has 0 aromatic heterocycles. The van der Waals surface area contributed by atoms with Crippen LogP contribution in [0.4, 0.5) is 0 Å². The van der Waals surface area contributed by atoms with Crippen LogP contribution in [0.25, 0.3) is 0 Å². The second-order valence-electron chi connectivity index (χ2n) is 2.24. The first-order chi connectivity index (χ1) is 4.77. The highest BCUT2D eigenvalue weighted by molar-refractivity contribution is 4.98. The lowest BCUT2D eigenvalue weighted by Crippen LogP contribution is -2.16. The lowest BCUT2D eigenvalue weighted by atomic mass is 10.2.